The molecule has 7 rings (SSSR count). The van der Waals surface area contributed by atoms with Crippen molar-refractivity contribution in [1.29, 1.82) is 0 Å². The van der Waals surface area contributed by atoms with Gasteiger partial charge in [-0.2, -0.15) is 0 Å². The SMILES string of the molecule is Cn1c2ccncc2c2ccc(-c3ccc(OC4CC(Oc5cccc(OCCCCCCOC6CCCCO6)c5)C4)nc3)cc21. The minimum atomic E-state index is 0.0159. The van der Waals surface area contributed by atoms with Gasteiger partial charge in [-0.1, -0.05) is 24.6 Å². The zero-order chi connectivity index (χ0) is 31.1. The summed E-state index contributed by atoms with van der Waals surface area (Å²) < 4.78 is 32.0. The average molecular weight is 622 g/mol. The predicted octanol–water partition coefficient (Wildman–Crippen LogP) is 8.26. The number of fused-ring (bicyclic) bond motifs is 3. The molecule has 0 amide bonds. The second-order valence-electron chi connectivity index (χ2n) is 12.4. The van der Waals surface area contributed by atoms with Gasteiger partial charge in [0.2, 0.25) is 5.88 Å². The van der Waals surface area contributed by atoms with Gasteiger partial charge in [0.05, 0.1) is 12.1 Å². The molecule has 46 heavy (non-hydrogen) atoms. The van der Waals surface area contributed by atoms with Crippen LogP contribution in [0.3, 0.4) is 0 Å². The Bertz CT molecular complexity index is 1720. The summed E-state index contributed by atoms with van der Waals surface area (Å²) in [4.78, 5) is 8.92. The van der Waals surface area contributed by atoms with Crippen LogP contribution < -0.4 is 14.2 Å². The van der Waals surface area contributed by atoms with Crippen LogP contribution in [0.5, 0.6) is 17.4 Å². The Morgan fingerprint density at radius 3 is 2.48 bits per heavy atom. The molecule has 0 bridgehead atoms. The molecular formula is C38H43N3O5. The maximum Gasteiger partial charge on any atom is 0.213 e. The van der Waals surface area contributed by atoms with E-state index in [0.717, 1.165) is 87.2 Å². The molecule has 0 spiro atoms. The summed E-state index contributed by atoms with van der Waals surface area (Å²) in [5.41, 5.74) is 4.54. The Hall–Kier alpha value is -4.14. The first kappa shape index (κ1) is 30.5. The summed E-state index contributed by atoms with van der Waals surface area (Å²) in [6.07, 6.45) is 15.3. The van der Waals surface area contributed by atoms with E-state index in [0.29, 0.717) is 12.5 Å². The van der Waals surface area contributed by atoms with E-state index in [1.54, 1.807) is 0 Å². The van der Waals surface area contributed by atoms with E-state index in [1.165, 1.54) is 28.2 Å². The third kappa shape index (κ3) is 7.29. The van der Waals surface area contributed by atoms with E-state index < -0.39 is 0 Å². The Kier molecular flexibility index (Phi) is 9.63. The average Bonchev–Trinajstić information content (AvgIpc) is 3.37. The standard InChI is InChI=1S/C38H43N3O5/c1-41-35-16-17-39-26-34(35)33-14-12-27(21-36(33)41)28-13-15-37(40-25-28)46-32-23-31(24-32)45-30-10-8-9-29(22-30)42-18-5-2-3-6-19-43-38-11-4-7-20-44-38/h8-10,12-17,21-22,25-26,31-32,38H,2-7,11,18-20,23-24H2,1H3. The smallest absolute Gasteiger partial charge is 0.213 e. The second-order valence-corrected chi connectivity index (χ2v) is 12.4. The molecule has 2 fully saturated rings. The van der Waals surface area contributed by atoms with Crippen molar-refractivity contribution in [3.8, 4) is 28.5 Å². The predicted molar refractivity (Wildman–Crippen MR) is 179 cm³/mol. The van der Waals surface area contributed by atoms with Gasteiger partial charge in [0.1, 0.15) is 23.7 Å². The molecule has 0 radical (unpaired) electrons. The largest absolute Gasteiger partial charge is 0.493 e. The summed E-state index contributed by atoms with van der Waals surface area (Å²) in [6, 6.07) is 20.6. The molecule has 0 N–H and O–H groups in total. The van der Waals surface area contributed by atoms with Crippen LogP contribution in [0.1, 0.15) is 57.8 Å². The highest BCUT2D eigenvalue weighted by Gasteiger charge is 2.33. The highest BCUT2D eigenvalue weighted by atomic mass is 16.7. The normalized spacial score (nSPS) is 19.6. The molecule has 1 unspecified atom stereocenters. The third-order valence-electron chi connectivity index (χ3n) is 9.07. The van der Waals surface area contributed by atoms with Crippen LogP contribution in [0.25, 0.3) is 32.9 Å². The van der Waals surface area contributed by atoms with Crippen molar-refractivity contribution in [2.45, 2.75) is 76.3 Å². The Balaban J connectivity index is 0.817. The number of hydrogen-bond acceptors (Lipinski definition) is 7. The Morgan fingerprint density at radius 2 is 1.63 bits per heavy atom. The molecule has 3 aromatic heterocycles. The van der Waals surface area contributed by atoms with E-state index in [4.69, 9.17) is 23.7 Å². The first-order valence-corrected chi connectivity index (χ1v) is 16.8. The van der Waals surface area contributed by atoms with E-state index in [9.17, 15) is 0 Å². The van der Waals surface area contributed by atoms with Gasteiger partial charge < -0.3 is 28.3 Å². The Labute approximate surface area is 270 Å². The van der Waals surface area contributed by atoms with Crippen molar-refractivity contribution in [3.05, 3.63) is 79.3 Å². The van der Waals surface area contributed by atoms with E-state index in [-0.39, 0.29) is 18.5 Å². The van der Waals surface area contributed by atoms with Gasteiger partial charge in [0.25, 0.3) is 0 Å². The zero-order valence-electron chi connectivity index (χ0n) is 26.6. The van der Waals surface area contributed by atoms with Crippen LogP contribution in [-0.4, -0.2) is 52.9 Å². The lowest BCUT2D eigenvalue weighted by molar-refractivity contribution is -0.162. The fraction of sp³-hybridized carbons (Fsp3) is 0.421. The van der Waals surface area contributed by atoms with Crippen molar-refractivity contribution >= 4 is 21.8 Å². The highest BCUT2D eigenvalue weighted by Crippen LogP contribution is 2.33. The molecule has 2 aliphatic rings. The summed E-state index contributed by atoms with van der Waals surface area (Å²) in [5.74, 6) is 2.33. The number of hydrogen-bond donors (Lipinski definition) is 0. The summed E-state index contributed by atoms with van der Waals surface area (Å²) in [6.45, 7) is 2.32. The van der Waals surface area contributed by atoms with Crippen LogP contribution in [0, 0.1) is 0 Å². The molecular weight excluding hydrogens is 578 g/mol. The number of benzene rings is 2. The molecule has 1 aliphatic heterocycles. The van der Waals surface area contributed by atoms with Crippen LogP contribution in [0.4, 0.5) is 0 Å². The monoisotopic (exact) mass is 621 g/mol. The molecule has 2 aromatic carbocycles. The fourth-order valence-corrected chi connectivity index (χ4v) is 6.37. The first-order valence-electron chi connectivity index (χ1n) is 16.8. The van der Waals surface area contributed by atoms with Gasteiger partial charge in [-0.3, -0.25) is 4.98 Å². The van der Waals surface area contributed by atoms with Gasteiger partial charge in [-0.15, -0.1) is 0 Å². The minimum Gasteiger partial charge on any atom is -0.493 e. The van der Waals surface area contributed by atoms with Gasteiger partial charge in [-0.05, 0) is 74.4 Å². The topological polar surface area (TPSA) is 76.9 Å². The molecule has 1 atom stereocenters. The number of nitrogens with zero attached hydrogens (tertiary/aromatic N) is 3. The summed E-state index contributed by atoms with van der Waals surface area (Å²) in [7, 11) is 2.10. The summed E-state index contributed by atoms with van der Waals surface area (Å²) in [5, 5.41) is 2.37. The van der Waals surface area contributed by atoms with E-state index >= 15 is 0 Å². The summed E-state index contributed by atoms with van der Waals surface area (Å²) >= 11 is 0. The van der Waals surface area contributed by atoms with Crippen LogP contribution in [-0.2, 0) is 16.5 Å². The first-order chi connectivity index (χ1) is 22.7. The zero-order valence-corrected chi connectivity index (χ0v) is 26.6. The lowest BCUT2D eigenvalue weighted by Gasteiger charge is -2.35. The Morgan fingerprint density at radius 1 is 0.783 bits per heavy atom. The fourth-order valence-electron chi connectivity index (χ4n) is 6.37. The molecule has 4 heterocycles. The molecule has 1 saturated carbocycles. The van der Waals surface area contributed by atoms with Crippen molar-refractivity contribution in [1.82, 2.24) is 14.5 Å². The number of unbranched alkanes of at least 4 members (excludes halogenated alkanes) is 3. The van der Waals surface area contributed by atoms with Gasteiger partial charge in [0, 0.05) is 85.7 Å². The van der Waals surface area contributed by atoms with Crippen molar-refractivity contribution < 1.29 is 23.7 Å². The third-order valence-corrected chi connectivity index (χ3v) is 9.07. The lowest BCUT2D eigenvalue weighted by atomic mass is 9.92. The maximum atomic E-state index is 6.21. The second kappa shape index (κ2) is 14.5. The number of rotatable bonds is 14. The van der Waals surface area contributed by atoms with Crippen molar-refractivity contribution in [3.63, 3.8) is 0 Å². The van der Waals surface area contributed by atoms with Gasteiger partial charge in [-0.25, -0.2) is 4.98 Å². The van der Waals surface area contributed by atoms with Gasteiger partial charge in [0.15, 0.2) is 6.29 Å². The van der Waals surface area contributed by atoms with Crippen molar-refractivity contribution in [2.24, 2.45) is 7.05 Å². The minimum absolute atomic E-state index is 0.0159. The number of pyridine rings is 2. The molecule has 1 saturated heterocycles. The van der Waals surface area contributed by atoms with E-state index in [1.807, 2.05) is 48.9 Å². The molecule has 1 aliphatic carbocycles. The lowest BCUT2D eigenvalue weighted by Crippen LogP contribution is -2.41. The quantitative estimate of drug-likeness (QED) is 0.116. The van der Waals surface area contributed by atoms with Crippen molar-refractivity contribution in [2.75, 3.05) is 19.8 Å². The molecule has 240 valence electrons. The van der Waals surface area contributed by atoms with Gasteiger partial charge >= 0.3 is 0 Å². The van der Waals surface area contributed by atoms with E-state index in [2.05, 4.69) is 51.9 Å². The molecule has 5 aromatic rings. The van der Waals surface area contributed by atoms with Crippen LogP contribution >= 0.6 is 0 Å². The highest BCUT2D eigenvalue weighted by molar-refractivity contribution is 6.08. The molecule has 8 nitrogen and oxygen atoms in total. The van der Waals surface area contributed by atoms with Crippen LogP contribution in [0.2, 0.25) is 0 Å². The maximum absolute atomic E-state index is 6.21. The molecule has 8 heteroatoms. The number of ether oxygens (including phenoxy) is 5. The number of aryl methyl sites for hydroxylation is 1. The van der Waals surface area contributed by atoms with Crippen LogP contribution in [0.15, 0.2) is 79.3 Å². The number of aromatic nitrogens is 3.